The van der Waals surface area contributed by atoms with E-state index in [9.17, 15) is 4.79 Å². The number of esters is 1. The Kier molecular flexibility index (Phi) is 15.2. The summed E-state index contributed by atoms with van der Waals surface area (Å²) >= 11 is 4.35. The van der Waals surface area contributed by atoms with Crippen molar-refractivity contribution in [3.8, 4) is 0 Å². The van der Waals surface area contributed by atoms with Crippen LogP contribution in [0, 0.1) is 0 Å². The predicted octanol–water partition coefficient (Wildman–Crippen LogP) is 1.76. The summed E-state index contributed by atoms with van der Waals surface area (Å²) in [5.74, 6) is -0.102. The molecular formula is C11H26O2SSn. The molecule has 0 aromatic heterocycles. The van der Waals surface area contributed by atoms with Crippen LogP contribution in [0.15, 0.2) is 0 Å². The van der Waals surface area contributed by atoms with Crippen LogP contribution in [0.5, 0.6) is 0 Å². The Morgan fingerprint density at radius 2 is 1.87 bits per heavy atom. The van der Waals surface area contributed by atoms with Gasteiger partial charge >= 0.3 is 29.9 Å². The number of hydrogen-bond acceptors (Lipinski definition) is 3. The minimum atomic E-state index is -0.102. The molecule has 0 fully saturated rings. The van der Waals surface area contributed by atoms with Gasteiger partial charge in [0.25, 0.3) is 0 Å². The zero-order valence-corrected chi connectivity index (χ0v) is 10.2. The molecule has 15 heavy (non-hydrogen) atoms. The van der Waals surface area contributed by atoms with E-state index in [-0.39, 0.29) is 35.1 Å². The third-order valence-electron chi connectivity index (χ3n) is 2.05. The molecule has 0 aliphatic heterocycles. The van der Waals surface area contributed by atoms with Gasteiger partial charge in [0.1, 0.15) is 0 Å². The molecule has 2 nitrogen and oxygen atoms in total. The summed E-state index contributed by atoms with van der Waals surface area (Å²) in [7, 11) is 0. The molecule has 0 aliphatic carbocycles. The predicted molar refractivity (Wildman–Crippen MR) is 74.1 cm³/mol. The Morgan fingerprint density at radius 1 is 1.27 bits per heavy atom. The molecule has 0 heterocycles. The molecule has 0 aromatic carbocycles. The van der Waals surface area contributed by atoms with E-state index in [0.717, 1.165) is 32.1 Å². The molecule has 0 spiro atoms. The summed E-state index contributed by atoms with van der Waals surface area (Å²) in [5.41, 5.74) is 0. The molecular weight excluding hydrogens is 315 g/mol. The van der Waals surface area contributed by atoms with Crippen molar-refractivity contribution in [3.63, 3.8) is 0 Å². The van der Waals surface area contributed by atoms with Gasteiger partial charge in [-0.15, -0.1) is 0 Å². The van der Waals surface area contributed by atoms with Crippen LogP contribution in [0.2, 0.25) is 0 Å². The van der Waals surface area contributed by atoms with Gasteiger partial charge in [0, 0.05) is 5.25 Å². The number of carbonyl (C=O) groups is 1. The third-order valence-corrected chi connectivity index (χ3v) is 2.49. The Labute approximate surface area is 116 Å². The van der Waals surface area contributed by atoms with Crippen LogP contribution in [0.1, 0.15) is 52.4 Å². The van der Waals surface area contributed by atoms with Gasteiger partial charge in [-0.3, -0.25) is 4.79 Å². The maximum atomic E-state index is 11.2. The van der Waals surface area contributed by atoms with Crippen LogP contribution in [0.4, 0.5) is 0 Å². The van der Waals surface area contributed by atoms with Crippen LogP contribution in [0.25, 0.3) is 0 Å². The molecule has 0 bridgehead atoms. The van der Waals surface area contributed by atoms with Gasteiger partial charge in [-0.2, -0.15) is 12.6 Å². The first-order valence-electron chi connectivity index (χ1n) is 5.54. The molecule has 0 amide bonds. The Bertz CT molecular complexity index is 154. The van der Waals surface area contributed by atoms with Crippen molar-refractivity contribution in [2.45, 2.75) is 57.6 Å². The quantitative estimate of drug-likeness (QED) is 0.315. The first-order valence-corrected chi connectivity index (χ1v) is 6.06. The van der Waals surface area contributed by atoms with Crippen molar-refractivity contribution < 1.29 is 9.53 Å². The van der Waals surface area contributed by atoms with Gasteiger partial charge in [0.15, 0.2) is 0 Å². The van der Waals surface area contributed by atoms with Crippen molar-refractivity contribution in [2.24, 2.45) is 0 Å². The second kappa shape index (κ2) is 12.7. The average molecular weight is 341 g/mol. The Balaban J connectivity index is 0. The van der Waals surface area contributed by atoms with Crippen molar-refractivity contribution in [1.82, 2.24) is 0 Å². The molecule has 4 heteroatoms. The number of rotatable bonds is 8. The summed E-state index contributed by atoms with van der Waals surface area (Å²) in [6.45, 7) is 4.78. The van der Waals surface area contributed by atoms with Crippen LogP contribution >= 0.6 is 12.6 Å². The summed E-state index contributed by atoms with van der Waals surface area (Å²) in [4.78, 5) is 11.2. The molecule has 92 valence electrons. The van der Waals surface area contributed by atoms with E-state index >= 15 is 0 Å². The molecule has 0 saturated heterocycles. The van der Waals surface area contributed by atoms with Gasteiger partial charge in [0.2, 0.25) is 0 Å². The molecule has 0 aromatic rings. The molecule has 0 N–H and O–H groups in total. The van der Waals surface area contributed by atoms with Crippen LogP contribution < -0.4 is 0 Å². The molecule has 1 unspecified atom stereocenters. The second-order valence-electron chi connectivity index (χ2n) is 3.57. The third kappa shape index (κ3) is 12.6. The standard InChI is InChI=1S/C11H22O2S.Sn.4H/c1-3-5-7-10(14)9-11(12)13-8-6-4-2;;;;;/h10,14H,3-9H2,1-2H3;;;;;. The zero-order valence-electron chi connectivity index (χ0n) is 9.29. The average Bonchev–Trinajstić information content (AvgIpc) is 2.15. The maximum absolute atomic E-state index is 11.2. The number of ether oxygens (including phenoxy) is 1. The zero-order chi connectivity index (χ0) is 10.8. The molecule has 1 atom stereocenters. The van der Waals surface area contributed by atoms with E-state index in [2.05, 4.69) is 26.5 Å². The molecule has 0 radical (unpaired) electrons. The molecule has 0 saturated carbocycles. The van der Waals surface area contributed by atoms with Crippen molar-refractivity contribution in [2.75, 3.05) is 6.61 Å². The number of thiol groups is 1. The minimum absolute atomic E-state index is 0. The SMILES string of the molecule is CCCCOC(=O)CC(S)CCCC.[SnH4]. The van der Waals surface area contributed by atoms with E-state index < -0.39 is 0 Å². The Hall–Kier alpha value is 0.619. The van der Waals surface area contributed by atoms with Crippen molar-refractivity contribution in [3.05, 3.63) is 0 Å². The van der Waals surface area contributed by atoms with E-state index in [1.807, 2.05) is 0 Å². The van der Waals surface area contributed by atoms with Gasteiger partial charge in [-0.05, 0) is 12.8 Å². The van der Waals surface area contributed by atoms with E-state index in [0.29, 0.717) is 13.0 Å². The van der Waals surface area contributed by atoms with Gasteiger partial charge in [-0.25, -0.2) is 0 Å². The normalized spacial score (nSPS) is 11.7. The fraction of sp³-hybridized carbons (Fsp3) is 0.909. The second-order valence-corrected chi connectivity index (χ2v) is 4.30. The van der Waals surface area contributed by atoms with Crippen LogP contribution in [0.3, 0.4) is 0 Å². The fourth-order valence-electron chi connectivity index (χ4n) is 1.12. The van der Waals surface area contributed by atoms with Crippen LogP contribution in [-0.4, -0.2) is 41.7 Å². The monoisotopic (exact) mass is 342 g/mol. The summed E-state index contributed by atoms with van der Waals surface area (Å²) < 4.78 is 5.05. The number of hydrogen-bond donors (Lipinski definition) is 1. The first kappa shape index (κ1) is 18.0. The molecule has 0 rings (SSSR count). The van der Waals surface area contributed by atoms with Crippen molar-refractivity contribution in [1.29, 1.82) is 0 Å². The van der Waals surface area contributed by atoms with E-state index in [1.54, 1.807) is 0 Å². The topological polar surface area (TPSA) is 26.3 Å². The fourth-order valence-corrected chi connectivity index (χ4v) is 1.46. The summed E-state index contributed by atoms with van der Waals surface area (Å²) in [5, 5.41) is 0.170. The first-order chi connectivity index (χ1) is 6.70. The van der Waals surface area contributed by atoms with E-state index in [1.165, 1.54) is 0 Å². The van der Waals surface area contributed by atoms with Gasteiger partial charge in [-0.1, -0.05) is 33.1 Å². The number of carbonyl (C=O) groups excluding carboxylic acids is 1. The van der Waals surface area contributed by atoms with Gasteiger partial charge < -0.3 is 4.74 Å². The van der Waals surface area contributed by atoms with E-state index in [4.69, 9.17) is 4.74 Å². The van der Waals surface area contributed by atoms with Crippen molar-refractivity contribution >= 4 is 42.5 Å². The summed E-state index contributed by atoms with van der Waals surface area (Å²) in [6, 6.07) is 0. The number of unbranched alkanes of at least 4 members (excludes halogenated alkanes) is 2. The molecule has 0 aliphatic rings. The van der Waals surface area contributed by atoms with Crippen LogP contribution in [-0.2, 0) is 9.53 Å². The van der Waals surface area contributed by atoms with Gasteiger partial charge in [0.05, 0.1) is 13.0 Å². The summed E-state index contributed by atoms with van der Waals surface area (Å²) in [6.07, 6.45) is 5.76. The Morgan fingerprint density at radius 3 is 2.40 bits per heavy atom.